The van der Waals surface area contributed by atoms with Crippen molar-refractivity contribution in [3.05, 3.63) is 23.8 Å². The minimum Gasteiger partial charge on any atom is -0.454 e. The molecule has 0 unspecified atom stereocenters. The molecule has 1 aliphatic heterocycles. The molecule has 0 saturated heterocycles. The highest BCUT2D eigenvalue weighted by Crippen LogP contribution is 2.35. The fraction of sp³-hybridized carbons (Fsp3) is 0.538. The molecule has 1 aromatic rings. The van der Waals surface area contributed by atoms with Gasteiger partial charge in [-0.05, 0) is 19.0 Å². The molecule has 0 atom stereocenters. The minimum absolute atomic E-state index is 0.213. The lowest BCUT2D eigenvalue weighted by atomic mass is 10.2. The van der Waals surface area contributed by atoms with Crippen molar-refractivity contribution in [3.8, 4) is 11.5 Å². The normalized spacial score (nSPS) is 13.7. The van der Waals surface area contributed by atoms with Crippen molar-refractivity contribution in [2.75, 3.05) is 24.8 Å². The van der Waals surface area contributed by atoms with E-state index in [1.165, 1.54) is 0 Å². The zero-order valence-electron chi connectivity index (χ0n) is 11.0. The molecule has 0 fully saturated rings. The third-order valence-electron chi connectivity index (χ3n) is 3.04. The van der Waals surface area contributed by atoms with Crippen LogP contribution in [0.4, 0.5) is 0 Å². The van der Waals surface area contributed by atoms with Crippen LogP contribution in [0.5, 0.6) is 11.5 Å². The molecule has 0 radical (unpaired) electrons. The highest BCUT2D eigenvalue weighted by atomic mass is 32.2. The van der Waals surface area contributed by atoms with Crippen LogP contribution < -0.4 is 14.8 Å². The minimum atomic E-state index is -2.86. The summed E-state index contributed by atoms with van der Waals surface area (Å²) in [5.41, 5.74) is 1.04. The van der Waals surface area contributed by atoms with E-state index in [-0.39, 0.29) is 18.3 Å². The van der Waals surface area contributed by atoms with Crippen molar-refractivity contribution in [3.63, 3.8) is 0 Å². The Balaban J connectivity index is 1.77. The quantitative estimate of drug-likeness (QED) is 0.766. The number of rotatable bonds is 7. The van der Waals surface area contributed by atoms with Crippen molar-refractivity contribution in [1.29, 1.82) is 0 Å². The summed E-state index contributed by atoms with van der Waals surface area (Å²) in [7, 11) is -2.86. The Morgan fingerprint density at radius 3 is 2.95 bits per heavy atom. The van der Waals surface area contributed by atoms with Crippen LogP contribution in [0.25, 0.3) is 0 Å². The Morgan fingerprint density at radius 2 is 2.16 bits per heavy atom. The molecular formula is C13H19NO4S. The van der Waals surface area contributed by atoms with Gasteiger partial charge in [0.1, 0.15) is 9.84 Å². The Hall–Kier alpha value is -1.27. The van der Waals surface area contributed by atoms with Gasteiger partial charge in [0.2, 0.25) is 6.79 Å². The standard InChI is InChI=1S/C13H19NO4S/c1-2-19(15,16)8-4-7-14-9-11-5-3-6-12-13(11)18-10-17-12/h3,5-6,14H,2,4,7-10H2,1H3. The first-order valence-electron chi connectivity index (χ1n) is 6.41. The van der Waals surface area contributed by atoms with Crippen molar-refractivity contribution in [2.24, 2.45) is 0 Å². The fourth-order valence-electron chi connectivity index (χ4n) is 1.91. The molecule has 0 spiro atoms. The first kappa shape index (κ1) is 14.1. The van der Waals surface area contributed by atoms with Crippen molar-refractivity contribution < 1.29 is 17.9 Å². The largest absolute Gasteiger partial charge is 0.454 e. The molecule has 1 aliphatic rings. The van der Waals surface area contributed by atoms with E-state index >= 15 is 0 Å². The van der Waals surface area contributed by atoms with Gasteiger partial charge in [-0.15, -0.1) is 0 Å². The zero-order valence-corrected chi connectivity index (χ0v) is 11.8. The van der Waals surface area contributed by atoms with E-state index in [1.54, 1.807) is 6.92 Å². The van der Waals surface area contributed by atoms with Gasteiger partial charge in [-0.1, -0.05) is 19.1 Å². The molecule has 2 rings (SSSR count). The molecule has 19 heavy (non-hydrogen) atoms. The fourth-order valence-corrected chi connectivity index (χ4v) is 2.79. The number of para-hydroxylation sites is 1. The molecule has 5 nitrogen and oxygen atoms in total. The molecule has 1 N–H and O–H groups in total. The monoisotopic (exact) mass is 285 g/mol. The maximum absolute atomic E-state index is 11.3. The Bertz CT molecular complexity index is 527. The average Bonchev–Trinajstić information content (AvgIpc) is 2.87. The molecule has 0 aliphatic carbocycles. The Kier molecular flexibility index (Phi) is 4.66. The Morgan fingerprint density at radius 1 is 1.32 bits per heavy atom. The second-order valence-electron chi connectivity index (χ2n) is 4.42. The molecule has 0 bridgehead atoms. The second kappa shape index (κ2) is 6.25. The van der Waals surface area contributed by atoms with Crippen LogP contribution in [0.1, 0.15) is 18.9 Å². The number of nitrogens with one attached hydrogen (secondary N) is 1. The summed E-state index contributed by atoms with van der Waals surface area (Å²) >= 11 is 0. The van der Waals surface area contributed by atoms with Crippen molar-refractivity contribution >= 4 is 9.84 Å². The predicted molar refractivity (Wildman–Crippen MR) is 73.2 cm³/mol. The lowest BCUT2D eigenvalue weighted by Crippen LogP contribution is -2.19. The molecule has 1 heterocycles. The first-order valence-corrected chi connectivity index (χ1v) is 8.23. The van der Waals surface area contributed by atoms with Gasteiger partial charge in [-0.2, -0.15) is 0 Å². The highest BCUT2D eigenvalue weighted by molar-refractivity contribution is 7.91. The smallest absolute Gasteiger partial charge is 0.231 e. The summed E-state index contributed by atoms with van der Waals surface area (Å²) in [6.45, 7) is 3.26. The lowest BCUT2D eigenvalue weighted by molar-refractivity contribution is 0.173. The van der Waals surface area contributed by atoms with E-state index < -0.39 is 9.84 Å². The van der Waals surface area contributed by atoms with Crippen molar-refractivity contribution in [1.82, 2.24) is 5.32 Å². The number of hydrogen-bond acceptors (Lipinski definition) is 5. The number of ether oxygens (including phenoxy) is 2. The van der Waals surface area contributed by atoms with Crippen molar-refractivity contribution in [2.45, 2.75) is 19.9 Å². The maximum Gasteiger partial charge on any atom is 0.231 e. The summed E-state index contributed by atoms with van der Waals surface area (Å²) in [6, 6.07) is 5.77. The van der Waals surface area contributed by atoms with E-state index in [1.807, 2.05) is 18.2 Å². The molecule has 1 aromatic carbocycles. The zero-order chi connectivity index (χ0) is 13.7. The summed E-state index contributed by atoms with van der Waals surface area (Å²) in [5, 5.41) is 3.23. The SMILES string of the molecule is CCS(=O)(=O)CCCNCc1cccc2c1OCO2. The third-order valence-corrected chi connectivity index (χ3v) is 4.83. The van der Waals surface area contributed by atoms with Gasteiger partial charge in [0.25, 0.3) is 0 Å². The lowest BCUT2D eigenvalue weighted by Gasteiger charge is -2.07. The van der Waals surface area contributed by atoms with Gasteiger partial charge in [-0.25, -0.2) is 8.42 Å². The number of sulfone groups is 1. The van der Waals surface area contributed by atoms with Gasteiger partial charge in [0, 0.05) is 17.9 Å². The van der Waals surface area contributed by atoms with E-state index in [0.717, 1.165) is 17.1 Å². The van der Waals surface area contributed by atoms with Crippen LogP contribution >= 0.6 is 0 Å². The van der Waals surface area contributed by atoms with Gasteiger partial charge in [-0.3, -0.25) is 0 Å². The number of hydrogen-bond donors (Lipinski definition) is 1. The van der Waals surface area contributed by atoms with Gasteiger partial charge >= 0.3 is 0 Å². The topological polar surface area (TPSA) is 64.6 Å². The summed E-state index contributed by atoms with van der Waals surface area (Å²) in [5.74, 6) is 2.01. The first-order chi connectivity index (χ1) is 9.12. The third kappa shape index (κ3) is 3.84. The number of benzene rings is 1. The highest BCUT2D eigenvalue weighted by Gasteiger charge is 2.16. The van der Waals surface area contributed by atoms with E-state index in [0.29, 0.717) is 19.5 Å². The second-order valence-corrected chi connectivity index (χ2v) is 6.89. The average molecular weight is 285 g/mol. The van der Waals surface area contributed by atoms with E-state index in [2.05, 4.69) is 5.32 Å². The molecule has 0 amide bonds. The van der Waals surface area contributed by atoms with E-state index in [9.17, 15) is 8.42 Å². The molecule has 106 valence electrons. The van der Waals surface area contributed by atoms with Crippen LogP contribution in [0, 0.1) is 0 Å². The predicted octanol–water partition coefficient (Wildman–Crippen LogP) is 1.33. The van der Waals surface area contributed by atoms with Gasteiger partial charge < -0.3 is 14.8 Å². The molecule has 6 heteroatoms. The van der Waals surface area contributed by atoms with Crippen LogP contribution in [0.15, 0.2) is 18.2 Å². The summed E-state index contributed by atoms with van der Waals surface area (Å²) < 4.78 is 33.3. The molecule has 0 saturated carbocycles. The Labute approximate surface area is 113 Å². The summed E-state index contributed by atoms with van der Waals surface area (Å²) in [4.78, 5) is 0. The van der Waals surface area contributed by atoms with Gasteiger partial charge in [0.15, 0.2) is 11.5 Å². The van der Waals surface area contributed by atoms with Crippen LogP contribution in [-0.2, 0) is 16.4 Å². The maximum atomic E-state index is 11.3. The number of fused-ring (bicyclic) bond motifs is 1. The molecular weight excluding hydrogens is 266 g/mol. The molecule has 0 aromatic heterocycles. The van der Waals surface area contributed by atoms with Crippen LogP contribution in [-0.4, -0.2) is 33.3 Å². The summed E-state index contributed by atoms with van der Waals surface area (Å²) in [6.07, 6.45) is 0.628. The van der Waals surface area contributed by atoms with Gasteiger partial charge in [0.05, 0.1) is 5.75 Å². The van der Waals surface area contributed by atoms with Crippen LogP contribution in [0.3, 0.4) is 0 Å². The van der Waals surface area contributed by atoms with Crippen LogP contribution in [0.2, 0.25) is 0 Å². The van der Waals surface area contributed by atoms with E-state index in [4.69, 9.17) is 9.47 Å².